The lowest BCUT2D eigenvalue weighted by atomic mass is 9.72. The van der Waals surface area contributed by atoms with Gasteiger partial charge in [-0.25, -0.2) is 19.5 Å². The van der Waals surface area contributed by atoms with E-state index in [0.717, 1.165) is 44.9 Å². The number of hydrogen-bond acceptors (Lipinski definition) is 7. The van der Waals surface area contributed by atoms with Gasteiger partial charge in [-0.1, -0.05) is 44.7 Å². The number of thiazole rings is 1. The average Bonchev–Trinajstić information content (AvgIpc) is 3.44. The first-order valence-corrected chi connectivity index (χ1v) is 13.2. The smallest absolute Gasteiger partial charge is 0.167 e. The standard InChI is InChI=1S/C23H23N5S3/c1-23(2,3)13-8-9-14-17(10-13)30-21-19(14)20-26-18(27-28(20)12-24-21)11-29-22-25-15-6-4-5-7-16(15)31-22/h4-7,12-13H,8-11H2,1-3H3/t13-/m1/s1. The van der Waals surface area contributed by atoms with E-state index in [1.807, 2.05) is 28.2 Å². The summed E-state index contributed by atoms with van der Waals surface area (Å²) in [5.74, 6) is 2.27. The van der Waals surface area contributed by atoms with Gasteiger partial charge in [0.15, 0.2) is 15.8 Å². The largest absolute Gasteiger partial charge is 0.230 e. The van der Waals surface area contributed by atoms with Crippen LogP contribution in [0.25, 0.3) is 26.1 Å². The molecule has 4 aromatic heterocycles. The molecule has 0 saturated carbocycles. The minimum atomic E-state index is 0.344. The molecule has 4 heterocycles. The zero-order chi connectivity index (χ0) is 21.2. The number of fused-ring (bicyclic) bond motifs is 6. The topological polar surface area (TPSA) is 56.0 Å². The van der Waals surface area contributed by atoms with Gasteiger partial charge in [-0.15, -0.1) is 27.8 Å². The van der Waals surface area contributed by atoms with E-state index in [0.29, 0.717) is 11.2 Å². The Morgan fingerprint density at radius 3 is 2.87 bits per heavy atom. The van der Waals surface area contributed by atoms with E-state index in [2.05, 4.69) is 39.0 Å². The number of aromatic nitrogens is 5. The third-order valence-corrected chi connectivity index (χ3v) is 9.59. The van der Waals surface area contributed by atoms with Gasteiger partial charge in [-0.2, -0.15) is 0 Å². The fourth-order valence-electron chi connectivity index (χ4n) is 4.46. The molecule has 0 aliphatic heterocycles. The predicted octanol–water partition coefficient (Wildman–Crippen LogP) is 6.39. The van der Waals surface area contributed by atoms with Gasteiger partial charge in [-0.3, -0.25) is 0 Å². The van der Waals surface area contributed by atoms with Crippen LogP contribution in [0.4, 0.5) is 0 Å². The normalized spacial score (nSPS) is 17.1. The minimum absolute atomic E-state index is 0.344. The summed E-state index contributed by atoms with van der Waals surface area (Å²) in [5.41, 5.74) is 3.81. The van der Waals surface area contributed by atoms with Gasteiger partial charge in [-0.05, 0) is 48.3 Å². The van der Waals surface area contributed by atoms with Crippen LogP contribution in [0.1, 0.15) is 43.5 Å². The van der Waals surface area contributed by atoms with Crippen molar-refractivity contribution in [1.82, 2.24) is 24.6 Å². The lowest BCUT2D eigenvalue weighted by Gasteiger charge is -2.33. The summed E-state index contributed by atoms with van der Waals surface area (Å²) < 4.78 is 4.14. The van der Waals surface area contributed by atoms with Crippen LogP contribution >= 0.6 is 34.4 Å². The molecule has 0 spiro atoms. The first-order chi connectivity index (χ1) is 15.0. The van der Waals surface area contributed by atoms with Gasteiger partial charge in [0.1, 0.15) is 11.2 Å². The van der Waals surface area contributed by atoms with E-state index in [4.69, 9.17) is 20.1 Å². The number of thiophene rings is 1. The molecule has 6 rings (SSSR count). The van der Waals surface area contributed by atoms with Crippen molar-refractivity contribution in [1.29, 1.82) is 0 Å². The highest BCUT2D eigenvalue weighted by Gasteiger charge is 2.31. The van der Waals surface area contributed by atoms with Crippen molar-refractivity contribution in [3.63, 3.8) is 0 Å². The molecule has 8 heteroatoms. The molecule has 0 radical (unpaired) electrons. The molecule has 1 atom stereocenters. The number of hydrogen-bond donors (Lipinski definition) is 0. The highest BCUT2D eigenvalue weighted by atomic mass is 32.2. The number of para-hydroxylation sites is 1. The van der Waals surface area contributed by atoms with Crippen molar-refractivity contribution >= 4 is 60.5 Å². The molecule has 0 fully saturated rings. The van der Waals surface area contributed by atoms with Crippen LogP contribution in [0, 0.1) is 11.3 Å². The quantitative estimate of drug-likeness (QED) is 0.289. The number of nitrogens with zero attached hydrogens (tertiary/aromatic N) is 5. The molecule has 5 nitrogen and oxygen atoms in total. The van der Waals surface area contributed by atoms with Crippen LogP contribution in [-0.4, -0.2) is 24.6 Å². The first-order valence-electron chi connectivity index (χ1n) is 10.6. The Bertz CT molecular complexity index is 1390. The molecule has 5 aromatic rings. The van der Waals surface area contributed by atoms with Gasteiger partial charge >= 0.3 is 0 Å². The molecule has 158 valence electrons. The Hall–Kier alpha value is -2.03. The van der Waals surface area contributed by atoms with Crippen LogP contribution in [0.3, 0.4) is 0 Å². The number of rotatable bonds is 3. The second-order valence-corrected chi connectivity index (χ2v) is 12.6. The summed E-state index contributed by atoms with van der Waals surface area (Å²) >= 11 is 5.28. The summed E-state index contributed by atoms with van der Waals surface area (Å²) in [5, 5.41) is 5.94. The summed E-state index contributed by atoms with van der Waals surface area (Å²) in [7, 11) is 0. The zero-order valence-corrected chi connectivity index (χ0v) is 20.2. The number of aryl methyl sites for hydroxylation is 1. The maximum Gasteiger partial charge on any atom is 0.167 e. The summed E-state index contributed by atoms with van der Waals surface area (Å²) in [6.45, 7) is 7.08. The lowest BCUT2D eigenvalue weighted by Crippen LogP contribution is -2.26. The van der Waals surface area contributed by atoms with E-state index in [-0.39, 0.29) is 0 Å². The summed E-state index contributed by atoms with van der Waals surface area (Å²) in [6.07, 6.45) is 5.32. The van der Waals surface area contributed by atoms with E-state index in [1.54, 1.807) is 23.1 Å². The van der Waals surface area contributed by atoms with Gasteiger partial charge in [0, 0.05) is 4.88 Å². The summed E-state index contributed by atoms with van der Waals surface area (Å²) in [6, 6.07) is 8.27. The molecule has 0 N–H and O–H groups in total. The average molecular weight is 466 g/mol. The van der Waals surface area contributed by atoms with Crippen molar-refractivity contribution < 1.29 is 0 Å². The zero-order valence-electron chi connectivity index (χ0n) is 17.8. The molecule has 1 aliphatic carbocycles. The molecule has 0 unspecified atom stereocenters. The van der Waals surface area contributed by atoms with Gasteiger partial charge < -0.3 is 0 Å². The molecule has 31 heavy (non-hydrogen) atoms. The van der Waals surface area contributed by atoms with Gasteiger partial charge in [0.2, 0.25) is 0 Å². The molecule has 0 bridgehead atoms. The van der Waals surface area contributed by atoms with Crippen molar-refractivity contribution in [3.05, 3.63) is 46.9 Å². The van der Waals surface area contributed by atoms with E-state index >= 15 is 0 Å². The maximum absolute atomic E-state index is 4.93. The monoisotopic (exact) mass is 465 g/mol. The van der Waals surface area contributed by atoms with Crippen LogP contribution in [0.15, 0.2) is 34.9 Å². The first kappa shape index (κ1) is 19.6. The molecule has 0 saturated heterocycles. The van der Waals surface area contributed by atoms with Crippen molar-refractivity contribution in [3.8, 4) is 0 Å². The Balaban J connectivity index is 1.32. The van der Waals surface area contributed by atoms with Gasteiger partial charge in [0.05, 0.1) is 21.4 Å². The Morgan fingerprint density at radius 2 is 2.03 bits per heavy atom. The van der Waals surface area contributed by atoms with Crippen molar-refractivity contribution in [2.75, 3.05) is 0 Å². The van der Waals surface area contributed by atoms with Crippen LogP contribution < -0.4 is 0 Å². The Morgan fingerprint density at radius 1 is 1.16 bits per heavy atom. The Labute approximate surface area is 192 Å². The Kier molecular flexibility index (Phi) is 4.59. The third kappa shape index (κ3) is 3.45. The SMILES string of the molecule is CC(C)(C)[C@@H]1CCc2c(sc3ncn4nc(CSc5nc6ccccc6s5)nc4c23)C1. The predicted molar refractivity (Wildman–Crippen MR) is 130 cm³/mol. The second-order valence-electron chi connectivity index (χ2n) is 9.27. The fraction of sp³-hybridized carbons (Fsp3) is 0.391. The molecule has 1 aromatic carbocycles. The molecule has 1 aliphatic rings. The van der Waals surface area contributed by atoms with E-state index in [1.165, 1.54) is 26.9 Å². The van der Waals surface area contributed by atoms with E-state index in [9.17, 15) is 0 Å². The van der Waals surface area contributed by atoms with Gasteiger partial charge in [0.25, 0.3) is 0 Å². The van der Waals surface area contributed by atoms with Crippen LogP contribution in [0.2, 0.25) is 0 Å². The number of thioether (sulfide) groups is 1. The number of benzene rings is 1. The highest BCUT2D eigenvalue weighted by molar-refractivity contribution is 8.00. The molecular weight excluding hydrogens is 442 g/mol. The second kappa shape index (κ2) is 7.25. The summed E-state index contributed by atoms with van der Waals surface area (Å²) in [4.78, 5) is 17.0. The minimum Gasteiger partial charge on any atom is -0.230 e. The highest BCUT2D eigenvalue weighted by Crippen LogP contribution is 2.43. The third-order valence-electron chi connectivity index (χ3n) is 6.25. The lowest BCUT2D eigenvalue weighted by molar-refractivity contribution is 0.218. The maximum atomic E-state index is 4.93. The molecular formula is C23H23N5S3. The van der Waals surface area contributed by atoms with Crippen molar-refractivity contribution in [2.24, 2.45) is 11.3 Å². The van der Waals surface area contributed by atoms with Crippen LogP contribution in [0.5, 0.6) is 0 Å². The van der Waals surface area contributed by atoms with Crippen LogP contribution in [-0.2, 0) is 18.6 Å². The molecule has 0 amide bonds. The van der Waals surface area contributed by atoms with Crippen molar-refractivity contribution in [2.45, 2.75) is 50.1 Å². The van der Waals surface area contributed by atoms with E-state index < -0.39 is 0 Å². The fourth-order valence-corrected chi connectivity index (χ4v) is 7.64.